The molecule has 0 bridgehead atoms. The second-order valence-electron chi connectivity index (χ2n) is 4.79. The van der Waals surface area contributed by atoms with Crippen molar-refractivity contribution < 1.29 is 18.3 Å². The lowest BCUT2D eigenvalue weighted by Crippen LogP contribution is -2.19. The standard InChI is InChI=1S/C11H22IO4P/c1-8(2)15-17(13,16-9(3)4)11-6-5-10(7-12)14-11/h8-11H,5-7H2,1-4H3/t10-,11+/m0/s1. The summed E-state index contributed by atoms with van der Waals surface area (Å²) in [5.74, 6) is -0.396. The van der Waals surface area contributed by atoms with Gasteiger partial charge in [-0.2, -0.15) is 0 Å². The summed E-state index contributed by atoms with van der Waals surface area (Å²) in [6, 6.07) is 0. The maximum atomic E-state index is 12.7. The van der Waals surface area contributed by atoms with Gasteiger partial charge in [0.2, 0.25) is 0 Å². The van der Waals surface area contributed by atoms with Crippen LogP contribution in [0.25, 0.3) is 0 Å². The van der Waals surface area contributed by atoms with E-state index in [4.69, 9.17) is 13.8 Å². The number of rotatable bonds is 6. The minimum absolute atomic E-state index is 0.123. The third-order valence-electron chi connectivity index (χ3n) is 2.33. The Morgan fingerprint density at radius 3 is 2.12 bits per heavy atom. The van der Waals surface area contributed by atoms with E-state index in [-0.39, 0.29) is 18.3 Å². The highest BCUT2D eigenvalue weighted by molar-refractivity contribution is 14.1. The normalized spacial score (nSPS) is 26.1. The van der Waals surface area contributed by atoms with Crippen LogP contribution in [0.4, 0.5) is 0 Å². The van der Waals surface area contributed by atoms with Crippen molar-refractivity contribution in [3.8, 4) is 0 Å². The van der Waals surface area contributed by atoms with Crippen molar-refractivity contribution >= 4 is 30.2 Å². The number of hydrogen-bond donors (Lipinski definition) is 0. The topological polar surface area (TPSA) is 44.8 Å². The molecule has 1 aliphatic heterocycles. The molecular formula is C11H22IO4P. The maximum absolute atomic E-state index is 12.7. The summed E-state index contributed by atoms with van der Waals surface area (Å²) in [6.45, 7) is 7.45. The van der Waals surface area contributed by atoms with Crippen LogP contribution in [0.15, 0.2) is 0 Å². The van der Waals surface area contributed by atoms with Gasteiger partial charge in [0.1, 0.15) is 0 Å². The van der Waals surface area contributed by atoms with Crippen LogP contribution in [-0.4, -0.2) is 28.6 Å². The molecule has 102 valence electrons. The molecule has 0 aromatic carbocycles. The van der Waals surface area contributed by atoms with Crippen molar-refractivity contribution in [2.24, 2.45) is 0 Å². The highest BCUT2D eigenvalue weighted by Crippen LogP contribution is 2.59. The van der Waals surface area contributed by atoms with Gasteiger partial charge in [0.05, 0.1) is 18.3 Å². The minimum atomic E-state index is -3.16. The van der Waals surface area contributed by atoms with Gasteiger partial charge in [-0.1, -0.05) is 22.6 Å². The van der Waals surface area contributed by atoms with Gasteiger partial charge in [-0.3, -0.25) is 4.57 Å². The van der Waals surface area contributed by atoms with Crippen molar-refractivity contribution in [1.29, 1.82) is 0 Å². The third-order valence-corrected chi connectivity index (χ3v) is 5.82. The Balaban J connectivity index is 2.73. The Morgan fingerprint density at radius 2 is 1.76 bits per heavy atom. The Hall–Kier alpha value is 0.840. The molecule has 1 aliphatic rings. The van der Waals surface area contributed by atoms with Crippen molar-refractivity contribution in [3.05, 3.63) is 0 Å². The molecule has 0 aromatic heterocycles. The molecule has 4 nitrogen and oxygen atoms in total. The summed E-state index contributed by atoms with van der Waals surface area (Å²) in [5, 5.41) is 0. The van der Waals surface area contributed by atoms with Crippen molar-refractivity contribution in [1.82, 2.24) is 0 Å². The van der Waals surface area contributed by atoms with E-state index in [0.717, 1.165) is 17.3 Å². The molecule has 2 atom stereocenters. The van der Waals surface area contributed by atoms with E-state index in [9.17, 15) is 4.57 Å². The van der Waals surface area contributed by atoms with Crippen molar-refractivity contribution in [2.45, 2.75) is 64.7 Å². The lowest BCUT2D eigenvalue weighted by atomic mass is 10.3. The van der Waals surface area contributed by atoms with Crippen LogP contribution in [0, 0.1) is 0 Å². The maximum Gasteiger partial charge on any atom is 0.359 e. The molecule has 0 N–H and O–H groups in total. The molecule has 0 unspecified atom stereocenters. The summed E-state index contributed by atoms with van der Waals surface area (Å²) in [7, 11) is -3.16. The predicted molar refractivity (Wildman–Crippen MR) is 76.8 cm³/mol. The van der Waals surface area contributed by atoms with Gasteiger partial charge in [0.15, 0.2) is 5.85 Å². The molecule has 0 aromatic rings. The fraction of sp³-hybridized carbons (Fsp3) is 1.00. The van der Waals surface area contributed by atoms with Crippen molar-refractivity contribution in [2.75, 3.05) is 4.43 Å². The monoisotopic (exact) mass is 376 g/mol. The van der Waals surface area contributed by atoms with Gasteiger partial charge in [0.25, 0.3) is 0 Å². The van der Waals surface area contributed by atoms with Gasteiger partial charge >= 0.3 is 7.60 Å². The van der Waals surface area contributed by atoms with Crippen LogP contribution in [0.5, 0.6) is 0 Å². The van der Waals surface area contributed by atoms with E-state index >= 15 is 0 Å². The molecule has 1 heterocycles. The SMILES string of the molecule is CC(C)OP(=O)(OC(C)C)[C@@H]1CC[C@@H](CI)O1. The molecule has 17 heavy (non-hydrogen) atoms. The first-order valence-electron chi connectivity index (χ1n) is 6.05. The van der Waals surface area contributed by atoms with Crippen LogP contribution in [0.3, 0.4) is 0 Å². The van der Waals surface area contributed by atoms with E-state index in [1.54, 1.807) is 0 Å². The Kier molecular flexibility index (Phi) is 6.40. The second kappa shape index (κ2) is 6.85. The first-order chi connectivity index (χ1) is 7.87. The van der Waals surface area contributed by atoms with Crippen LogP contribution in [-0.2, 0) is 18.3 Å². The molecule has 1 saturated heterocycles. The van der Waals surface area contributed by atoms with Gasteiger partial charge in [-0.25, -0.2) is 0 Å². The van der Waals surface area contributed by atoms with Crippen LogP contribution in [0.1, 0.15) is 40.5 Å². The molecule has 0 amide bonds. The fourth-order valence-electron chi connectivity index (χ4n) is 1.78. The number of halogens is 1. The lowest BCUT2D eigenvalue weighted by molar-refractivity contribution is 0.0564. The number of hydrogen-bond acceptors (Lipinski definition) is 4. The van der Waals surface area contributed by atoms with E-state index in [1.165, 1.54) is 0 Å². The summed E-state index contributed by atoms with van der Waals surface area (Å²) >= 11 is 2.28. The highest BCUT2D eigenvalue weighted by Gasteiger charge is 2.43. The fourth-order valence-corrected chi connectivity index (χ4v) is 4.71. The Bertz CT molecular complexity index is 269. The molecule has 1 rings (SSSR count). The molecular weight excluding hydrogens is 354 g/mol. The average Bonchev–Trinajstić information content (AvgIpc) is 2.63. The van der Waals surface area contributed by atoms with E-state index < -0.39 is 13.4 Å². The molecule has 0 radical (unpaired) electrons. The van der Waals surface area contributed by atoms with Crippen LogP contribution in [0.2, 0.25) is 0 Å². The largest absolute Gasteiger partial charge is 0.362 e. The smallest absolute Gasteiger partial charge is 0.359 e. The first-order valence-corrected chi connectivity index (χ1v) is 9.19. The zero-order chi connectivity index (χ0) is 13.1. The van der Waals surface area contributed by atoms with Gasteiger partial charge in [-0.15, -0.1) is 0 Å². The first kappa shape index (κ1) is 15.9. The summed E-state index contributed by atoms with van der Waals surface area (Å²) in [4.78, 5) is 0. The zero-order valence-electron chi connectivity index (χ0n) is 10.9. The van der Waals surface area contributed by atoms with Gasteiger partial charge < -0.3 is 13.8 Å². The molecule has 0 spiro atoms. The predicted octanol–water partition coefficient (Wildman–Crippen LogP) is 3.97. The number of alkyl halides is 1. The van der Waals surface area contributed by atoms with Crippen LogP contribution < -0.4 is 0 Å². The molecule has 6 heteroatoms. The van der Waals surface area contributed by atoms with Crippen molar-refractivity contribution in [3.63, 3.8) is 0 Å². The van der Waals surface area contributed by atoms with Gasteiger partial charge in [-0.05, 0) is 40.5 Å². The van der Waals surface area contributed by atoms with E-state index in [1.807, 2.05) is 27.7 Å². The Morgan fingerprint density at radius 1 is 1.24 bits per heavy atom. The third kappa shape index (κ3) is 4.78. The Labute approximate surface area is 117 Å². The lowest BCUT2D eigenvalue weighted by Gasteiger charge is -2.27. The summed E-state index contributed by atoms with van der Waals surface area (Å²) in [5.41, 5.74) is 0. The van der Waals surface area contributed by atoms with Crippen LogP contribution >= 0.6 is 30.2 Å². The summed E-state index contributed by atoms with van der Waals surface area (Å²) < 4.78 is 30.5. The molecule has 0 aliphatic carbocycles. The van der Waals surface area contributed by atoms with Gasteiger partial charge in [0, 0.05) is 4.43 Å². The van der Waals surface area contributed by atoms with E-state index in [0.29, 0.717) is 0 Å². The van der Waals surface area contributed by atoms with E-state index in [2.05, 4.69) is 22.6 Å². The summed E-state index contributed by atoms with van der Waals surface area (Å²) in [6.07, 6.45) is 1.62. The molecule has 0 saturated carbocycles. The zero-order valence-corrected chi connectivity index (χ0v) is 13.9. The highest BCUT2D eigenvalue weighted by atomic mass is 127. The molecule has 1 fully saturated rings. The number of ether oxygens (including phenoxy) is 1. The second-order valence-corrected chi connectivity index (χ2v) is 7.75. The average molecular weight is 376 g/mol. The minimum Gasteiger partial charge on any atom is -0.362 e. The quantitative estimate of drug-likeness (QED) is 0.400.